The molecule has 0 aromatic heterocycles. The van der Waals surface area contributed by atoms with Gasteiger partial charge in [0.1, 0.15) is 12.1 Å². The van der Waals surface area contributed by atoms with Crippen molar-refractivity contribution < 1.29 is 39.6 Å². The van der Waals surface area contributed by atoms with Crippen molar-refractivity contribution in [1.82, 2.24) is 10.6 Å². The van der Waals surface area contributed by atoms with Crippen LogP contribution in [0.3, 0.4) is 0 Å². The number of carbonyl (C=O) groups excluding carboxylic acids is 2. The van der Waals surface area contributed by atoms with E-state index < -0.39 is 60.5 Å². The van der Waals surface area contributed by atoms with Gasteiger partial charge < -0.3 is 36.8 Å². The van der Waals surface area contributed by atoms with Crippen LogP contribution < -0.4 is 16.4 Å². The fraction of sp³-hybridized carbons (Fsp3) is 0.667. The molecule has 0 radical (unpaired) electrons. The predicted molar refractivity (Wildman–Crippen MR) is 75.1 cm³/mol. The van der Waals surface area contributed by atoms with Crippen molar-refractivity contribution in [3.05, 3.63) is 0 Å². The first-order valence-corrected chi connectivity index (χ1v) is 6.64. The monoisotopic (exact) mass is 335 g/mol. The first-order valence-electron chi connectivity index (χ1n) is 6.64. The van der Waals surface area contributed by atoms with Crippen molar-refractivity contribution in [3.63, 3.8) is 0 Å². The highest BCUT2D eigenvalue weighted by Crippen LogP contribution is 2.00. The molecule has 5 atom stereocenters. The van der Waals surface area contributed by atoms with Crippen molar-refractivity contribution in [3.8, 4) is 0 Å². The molecular weight excluding hydrogens is 314 g/mol. The van der Waals surface area contributed by atoms with E-state index in [1.54, 1.807) is 0 Å². The van der Waals surface area contributed by atoms with Gasteiger partial charge in [0.15, 0.2) is 6.04 Å². The second-order valence-corrected chi connectivity index (χ2v) is 4.99. The van der Waals surface area contributed by atoms with Gasteiger partial charge in [-0.2, -0.15) is 0 Å². The summed E-state index contributed by atoms with van der Waals surface area (Å²) in [6.07, 6.45) is -3.53. The quantitative estimate of drug-likeness (QED) is 0.224. The molecule has 23 heavy (non-hydrogen) atoms. The highest BCUT2D eigenvalue weighted by molar-refractivity contribution is 5.94. The molecule has 0 rings (SSSR count). The number of nitrogens with one attached hydrogen (secondary N) is 2. The molecule has 0 fully saturated rings. The third kappa shape index (κ3) is 7.04. The summed E-state index contributed by atoms with van der Waals surface area (Å²) in [6.45, 7) is 2.34. The Kier molecular flexibility index (Phi) is 8.15. The lowest BCUT2D eigenvalue weighted by atomic mass is 10.1. The largest absolute Gasteiger partial charge is 0.481 e. The number of hydrogen-bond acceptors (Lipinski definition) is 7. The second kappa shape index (κ2) is 9.02. The zero-order chi connectivity index (χ0) is 18.3. The van der Waals surface area contributed by atoms with E-state index in [1.165, 1.54) is 6.92 Å². The standard InChI is InChI=1S/C12H21N3O8/c1-4(16)8(13)11(21)14-6(3-7(18)19)10(20)15-9(5(2)17)12(22)23/h4-6,8-9,16-17H,3,13H2,1-2H3,(H,14,21)(H,15,20)(H,18,19)(H,22,23). The number of rotatable bonds is 9. The Labute approximate surface area is 131 Å². The maximum absolute atomic E-state index is 12.0. The van der Waals surface area contributed by atoms with E-state index in [1.807, 2.05) is 10.6 Å². The lowest BCUT2D eigenvalue weighted by Gasteiger charge is -2.23. The number of carbonyl (C=O) groups is 4. The Morgan fingerprint density at radius 1 is 0.957 bits per heavy atom. The van der Waals surface area contributed by atoms with Crippen LogP contribution >= 0.6 is 0 Å². The maximum atomic E-state index is 12.0. The second-order valence-electron chi connectivity index (χ2n) is 4.99. The molecule has 0 aliphatic heterocycles. The molecule has 0 saturated carbocycles. The average molecular weight is 335 g/mol. The van der Waals surface area contributed by atoms with Crippen molar-refractivity contribution in [2.75, 3.05) is 0 Å². The smallest absolute Gasteiger partial charge is 0.328 e. The van der Waals surface area contributed by atoms with Gasteiger partial charge in [0, 0.05) is 0 Å². The molecule has 0 aliphatic rings. The summed E-state index contributed by atoms with van der Waals surface area (Å²) < 4.78 is 0. The van der Waals surface area contributed by atoms with Crippen LogP contribution in [0.2, 0.25) is 0 Å². The molecule has 0 aromatic carbocycles. The van der Waals surface area contributed by atoms with Crippen LogP contribution in [0.15, 0.2) is 0 Å². The molecule has 2 amide bonds. The minimum absolute atomic E-state index is 0.837. The molecule has 11 nitrogen and oxygen atoms in total. The Morgan fingerprint density at radius 3 is 1.83 bits per heavy atom. The van der Waals surface area contributed by atoms with Crippen molar-refractivity contribution >= 4 is 23.8 Å². The van der Waals surface area contributed by atoms with Crippen LogP contribution in [-0.2, 0) is 19.2 Å². The molecule has 11 heteroatoms. The van der Waals surface area contributed by atoms with Gasteiger partial charge in [-0.3, -0.25) is 14.4 Å². The zero-order valence-corrected chi connectivity index (χ0v) is 12.6. The molecule has 0 saturated heterocycles. The van der Waals surface area contributed by atoms with E-state index in [-0.39, 0.29) is 0 Å². The fourth-order valence-corrected chi connectivity index (χ4v) is 1.51. The highest BCUT2D eigenvalue weighted by atomic mass is 16.4. The minimum atomic E-state index is -1.68. The predicted octanol–water partition coefficient (Wildman–Crippen LogP) is -3.40. The zero-order valence-electron chi connectivity index (χ0n) is 12.6. The summed E-state index contributed by atoms with van der Waals surface area (Å²) in [6, 6.07) is -4.70. The number of carboxylic acid groups (broad SMARTS) is 2. The topological polar surface area (TPSA) is 199 Å². The number of carboxylic acids is 2. The number of aliphatic hydroxyl groups is 2. The van der Waals surface area contributed by atoms with Crippen molar-refractivity contribution in [1.29, 1.82) is 0 Å². The Bertz CT molecular complexity index is 465. The number of amides is 2. The number of hydrogen-bond donors (Lipinski definition) is 7. The van der Waals surface area contributed by atoms with E-state index in [9.17, 15) is 29.4 Å². The molecule has 5 unspecified atom stereocenters. The summed E-state index contributed by atoms with van der Waals surface area (Å²) in [5, 5.41) is 40.1. The fourth-order valence-electron chi connectivity index (χ4n) is 1.51. The van der Waals surface area contributed by atoms with Gasteiger partial charge in [-0.15, -0.1) is 0 Å². The molecular formula is C12H21N3O8. The Morgan fingerprint density at radius 2 is 1.48 bits per heavy atom. The van der Waals surface area contributed by atoms with E-state index >= 15 is 0 Å². The lowest BCUT2D eigenvalue weighted by Crippen LogP contribution is -2.58. The lowest BCUT2D eigenvalue weighted by molar-refractivity contribution is -0.145. The summed E-state index contributed by atoms with van der Waals surface area (Å²) in [7, 11) is 0. The van der Waals surface area contributed by atoms with Gasteiger partial charge in [0.25, 0.3) is 0 Å². The minimum Gasteiger partial charge on any atom is -0.481 e. The van der Waals surface area contributed by atoms with Gasteiger partial charge in [-0.1, -0.05) is 0 Å². The van der Waals surface area contributed by atoms with Crippen LogP contribution in [0.25, 0.3) is 0 Å². The van der Waals surface area contributed by atoms with Crippen LogP contribution in [0.4, 0.5) is 0 Å². The third-order valence-corrected chi connectivity index (χ3v) is 2.88. The van der Waals surface area contributed by atoms with Crippen LogP contribution in [0, 0.1) is 0 Å². The van der Waals surface area contributed by atoms with Gasteiger partial charge in [0.05, 0.1) is 18.6 Å². The molecule has 0 spiro atoms. The summed E-state index contributed by atoms with van der Waals surface area (Å²) >= 11 is 0. The first-order chi connectivity index (χ1) is 10.5. The maximum Gasteiger partial charge on any atom is 0.328 e. The summed E-state index contributed by atoms with van der Waals surface area (Å²) in [4.78, 5) is 45.3. The SMILES string of the molecule is CC(O)C(N)C(=O)NC(CC(=O)O)C(=O)NC(C(=O)O)C(C)O. The van der Waals surface area contributed by atoms with Gasteiger partial charge >= 0.3 is 11.9 Å². The van der Waals surface area contributed by atoms with E-state index in [0.29, 0.717) is 0 Å². The first kappa shape index (κ1) is 20.8. The number of nitrogens with two attached hydrogens (primary N) is 1. The van der Waals surface area contributed by atoms with Crippen LogP contribution in [-0.4, -0.2) is 74.5 Å². The van der Waals surface area contributed by atoms with Crippen LogP contribution in [0.5, 0.6) is 0 Å². The van der Waals surface area contributed by atoms with Crippen molar-refractivity contribution in [2.45, 2.75) is 50.6 Å². The summed E-state index contributed by atoms with van der Waals surface area (Å²) in [5.74, 6) is -5.06. The molecule has 0 heterocycles. The molecule has 0 bridgehead atoms. The van der Waals surface area contributed by atoms with E-state index in [0.717, 1.165) is 6.92 Å². The van der Waals surface area contributed by atoms with E-state index in [2.05, 4.69) is 0 Å². The summed E-state index contributed by atoms with van der Waals surface area (Å²) in [5.41, 5.74) is 5.36. The molecule has 0 aromatic rings. The normalized spacial score (nSPS) is 17.3. The molecule has 132 valence electrons. The van der Waals surface area contributed by atoms with Gasteiger partial charge in [-0.05, 0) is 13.8 Å². The number of aliphatic carboxylic acids is 2. The van der Waals surface area contributed by atoms with E-state index in [4.69, 9.17) is 15.9 Å². The molecule has 0 aliphatic carbocycles. The Balaban J connectivity index is 5.09. The van der Waals surface area contributed by atoms with Gasteiger partial charge in [0.2, 0.25) is 11.8 Å². The molecule has 8 N–H and O–H groups in total. The van der Waals surface area contributed by atoms with Gasteiger partial charge in [-0.25, -0.2) is 4.79 Å². The number of aliphatic hydroxyl groups excluding tert-OH is 2. The third-order valence-electron chi connectivity index (χ3n) is 2.88. The Hall–Kier alpha value is -2.24. The highest BCUT2D eigenvalue weighted by Gasteiger charge is 2.32. The van der Waals surface area contributed by atoms with Crippen molar-refractivity contribution in [2.24, 2.45) is 5.73 Å². The van der Waals surface area contributed by atoms with Crippen LogP contribution in [0.1, 0.15) is 20.3 Å². The average Bonchev–Trinajstić information content (AvgIpc) is 2.41.